The molecular weight excluding hydrogens is 274 g/mol. The Hall–Kier alpha value is -1.51. The summed E-state index contributed by atoms with van der Waals surface area (Å²) < 4.78 is 5.87. The number of benzene rings is 1. The summed E-state index contributed by atoms with van der Waals surface area (Å²) in [5, 5.41) is 3.15. The lowest BCUT2D eigenvalue weighted by Crippen LogP contribution is -2.48. The Kier molecular flexibility index (Phi) is 7.43. The fraction of sp³-hybridized carbons (Fsp3) is 0.632. The van der Waals surface area contributed by atoms with Crippen LogP contribution in [0.1, 0.15) is 53.5 Å². The third-order valence-electron chi connectivity index (χ3n) is 4.02. The van der Waals surface area contributed by atoms with Crippen LogP contribution < -0.4 is 10.1 Å². The van der Waals surface area contributed by atoms with Gasteiger partial charge in [-0.05, 0) is 42.4 Å². The van der Waals surface area contributed by atoms with Gasteiger partial charge in [0.05, 0.1) is 0 Å². The molecule has 0 aliphatic rings. The van der Waals surface area contributed by atoms with Crippen LogP contribution in [0.25, 0.3) is 0 Å². The first-order chi connectivity index (χ1) is 10.4. The van der Waals surface area contributed by atoms with Crippen molar-refractivity contribution in [1.82, 2.24) is 5.32 Å². The predicted octanol–water partition coefficient (Wildman–Crippen LogP) is 4.20. The average Bonchev–Trinajstić information content (AvgIpc) is 2.49. The van der Waals surface area contributed by atoms with Gasteiger partial charge in [-0.3, -0.25) is 4.79 Å². The summed E-state index contributed by atoms with van der Waals surface area (Å²) in [5.74, 6) is 1.55. The second-order valence-corrected chi connectivity index (χ2v) is 6.53. The molecule has 0 fully saturated rings. The van der Waals surface area contributed by atoms with Crippen molar-refractivity contribution in [1.29, 1.82) is 0 Å². The normalized spacial score (nSPS) is 12.8. The molecule has 1 rings (SSSR count). The molecular formula is C19H31NO2. The minimum absolute atomic E-state index is 0.0190. The van der Waals surface area contributed by atoms with Crippen LogP contribution in [0, 0.1) is 11.8 Å². The Morgan fingerprint density at radius 3 is 2.00 bits per heavy atom. The van der Waals surface area contributed by atoms with Crippen molar-refractivity contribution in [2.45, 2.75) is 66.5 Å². The molecule has 0 unspecified atom stereocenters. The van der Waals surface area contributed by atoms with Crippen molar-refractivity contribution >= 4 is 5.91 Å². The molecule has 0 saturated heterocycles. The predicted molar refractivity (Wildman–Crippen MR) is 92.1 cm³/mol. The maximum atomic E-state index is 12.5. The van der Waals surface area contributed by atoms with Gasteiger partial charge in [0.1, 0.15) is 5.75 Å². The van der Waals surface area contributed by atoms with Gasteiger partial charge in [-0.25, -0.2) is 0 Å². The van der Waals surface area contributed by atoms with E-state index in [0.717, 1.165) is 12.2 Å². The minimum atomic E-state index is -0.438. The summed E-state index contributed by atoms with van der Waals surface area (Å²) in [7, 11) is 0. The number of carbonyl (C=O) groups excluding carboxylic acids is 1. The smallest absolute Gasteiger partial charge is 0.261 e. The summed E-state index contributed by atoms with van der Waals surface area (Å²) in [4.78, 5) is 12.5. The van der Waals surface area contributed by atoms with Gasteiger partial charge in [-0.2, -0.15) is 0 Å². The van der Waals surface area contributed by atoms with Gasteiger partial charge in [-0.15, -0.1) is 0 Å². The number of ether oxygens (including phenoxy) is 1. The lowest BCUT2D eigenvalue weighted by molar-refractivity contribution is -0.129. The molecule has 1 atom stereocenters. The van der Waals surface area contributed by atoms with Crippen molar-refractivity contribution in [3.8, 4) is 5.75 Å². The molecule has 22 heavy (non-hydrogen) atoms. The lowest BCUT2D eigenvalue weighted by atomic mass is 9.93. The summed E-state index contributed by atoms with van der Waals surface area (Å²) in [6.07, 6.45) is 1.22. The van der Waals surface area contributed by atoms with Gasteiger partial charge >= 0.3 is 0 Å². The van der Waals surface area contributed by atoms with E-state index in [1.165, 1.54) is 5.56 Å². The number of aryl methyl sites for hydroxylation is 1. The largest absolute Gasteiger partial charge is 0.481 e. The zero-order valence-electron chi connectivity index (χ0n) is 14.8. The minimum Gasteiger partial charge on any atom is -0.481 e. The van der Waals surface area contributed by atoms with Gasteiger partial charge in [0.25, 0.3) is 5.91 Å². The fourth-order valence-corrected chi connectivity index (χ4v) is 2.65. The van der Waals surface area contributed by atoms with Crippen LogP contribution >= 0.6 is 0 Å². The quantitative estimate of drug-likeness (QED) is 0.781. The molecule has 0 aliphatic carbocycles. The highest BCUT2D eigenvalue weighted by atomic mass is 16.5. The first kappa shape index (κ1) is 18.5. The zero-order valence-corrected chi connectivity index (χ0v) is 14.8. The Balaban J connectivity index is 2.71. The Morgan fingerprint density at radius 1 is 1.05 bits per heavy atom. The Labute approximate surface area is 135 Å². The second-order valence-electron chi connectivity index (χ2n) is 6.53. The van der Waals surface area contributed by atoms with Crippen LogP contribution in [0.15, 0.2) is 24.3 Å². The number of hydrogen-bond donors (Lipinski definition) is 1. The van der Waals surface area contributed by atoms with E-state index >= 15 is 0 Å². The van der Waals surface area contributed by atoms with E-state index in [1.807, 2.05) is 31.2 Å². The van der Waals surface area contributed by atoms with Crippen LogP contribution in [-0.4, -0.2) is 18.1 Å². The first-order valence-corrected chi connectivity index (χ1v) is 8.44. The van der Waals surface area contributed by atoms with Crippen LogP contribution in [0.4, 0.5) is 0 Å². The highest BCUT2D eigenvalue weighted by Gasteiger charge is 2.25. The van der Waals surface area contributed by atoms with E-state index in [1.54, 1.807) is 0 Å². The molecule has 0 saturated carbocycles. The van der Waals surface area contributed by atoms with E-state index < -0.39 is 6.10 Å². The third-order valence-corrected chi connectivity index (χ3v) is 4.02. The summed E-state index contributed by atoms with van der Waals surface area (Å²) in [5.41, 5.74) is 1.27. The van der Waals surface area contributed by atoms with Crippen LogP contribution in [-0.2, 0) is 11.2 Å². The van der Waals surface area contributed by atoms with Gasteiger partial charge < -0.3 is 10.1 Å². The second kappa shape index (κ2) is 8.82. The standard InChI is InChI=1S/C19H31NO2/c1-7-15-9-11-16(12-10-15)22-17(8-2)19(21)20-18(13(3)4)14(5)6/h9-14,17-18H,7-8H2,1-6H3,(H,20,21)/t17-/m0/s1. The zero-order chi connectivity index (χ0) is 16.7. The summed E-state index contributed by atoms with van der Waals surface area (Å²) >= 11 is 0. The van der Waals surface area contributed by atoms with Crippen molar-refractivity contribution in [3.63, 3.8) is 0 Å². The van der Waals surface area contributed by atoms with Crippen LogP contribution in [0.2, 0.25) is 0 Å². The Morgan fingerprint density at radius 2 is 1.59 bits per heavy atom. The molecule has 1 N–H and O–H groups in total. The number of carbonyl (C=O) groups is 1. The first-order valence-electron chi connectivity index (χ1n) is 8.44. The van der Waals surface area contributed by atoms with E-state index in [-0.39, 0.29) is 11.9 Å². The van der Waals surface area contributed by atoms with Crippen molar-refractivity contribution in [2.24, 2.45) is 11.8 Å². The topological polar surface area (TPSA) is 38.3 Å². The lowest BCUT2D eigenvalue weighted by Gasteiger charge is -2.28. The maximum absolute atomic E-state index is 12.5. The van der Waals surface area contributed by atoms with E-state index in [0.29, 0.717) is 18.3 Å². The van der Waals surface area contributed by atoms with Crippen molar-refractivity contribution in [3.05, 3.63) is 29.8 Å². The highest BCUT2D eigenvalue weighted by molar-refractivity contribution is 5.81. The van der Waals surface area contributed by atoms with E-state index in [2.05, 4.69) is 39.9 Å². The molecule has 1 amide bonds. The number of hydrogen-bond acceptors (Lipinski definition) is 2. The molecule has 1 aromatic rings. The van der Waals surface area contributed by atoms with Gasteiger partial charge in [0.2, 0.25) is 0 Å². The Bertz CT molecular complexity index is 443. The SMILES string of the molecule is CCc1ccc(O[C@@H](CC)C(=O)NC(C(C)C)C(C)C)cc1. The number of rotatable bonds is 8. The highest BCUT2D eigenvalue weighted by Crippen LogP contribution is 2.17. The fourth-order valence-electron chi connectivity index (χ4n) is 2.65. The van der Waals surface area contributed by atoms with Gasteiger partial charge in [0, 0.05) is 6.04 Å². The van der Waals surface area contributed by atoms with Crippen molar-refractivity contribution in [2.75, 3.05) is 0 Å². The molecule has 0 aliphatic heterocycles. The van der Waals surface area contributed by atoms with Gasteiger partial charge in [0.15, 0.2) is 6.10 Å². The van der Waals surface area contributed by atoms with Crippen LogP contribution in [0.5, 0.6) is 5.75 Å². The molecule has 3 heteroatoms. The number of nitrogens with one attached hydrogen (secondary N) is 1. The molecule has 0 radical (unpaired) electrons. The molecule has 1 aromatic carbocycles. The molecule has 0 heterocycles. The monoisotopic (exact) mass is 305 g/mol. The van der Waals surface area contributed by atoms with E-state index in [9.17, 15) is 4.79 Å². The summed E-state index contributed by atoms with van der Waals surface area (Å²) in [6, 6.07) is 8.15. The maximum Gasteiger partial charge on any atom is 0.261 e. The average molecular weight is 305 g/mol. The molecule has 0 bridgehead atoms. The molecule has 3 nitrogen and oxygen atoms in total. The number of amides is 1. The molecule has 124 valence electrons. The van der Waals surface area contributed by atoms with Crippen molar-refractivity contribution < 1.29 is 9.53 Å². The van der Waals surface area contributed by atoms with Gasteiger partial charge in [-0.1, -0.05) is 53.7 Å². The summed E-state index contributed by atoms with van der Waals surface area (Å²) in [6.45, 7) is 12.6. The van der Waals surface area contributed by atoms with E-state index in [4.69, 9.17) is 4.74 Å². The molecule has 0 spiro atoms. The third kappa shape index (κ3) is 5.36. The molecule has 0 aromatic heterocycles. The van der Waals surface area contributed by atoms with Crippen LogP contribution in [0.3, 0.4) is 0 Å².